The summed E-state index contributed by atoms with van der Waals surface area (Å²) in [7, 11) is 1.30. The van der Waals surface area contributed by atoms with Gasteiger partial charge in [-0.3, -0.25) is 9.59 Å². The number of hydrogen-bond acceptors (Lipinski definition) is 3. The first kappa shape index (κ1) is 12.7. The van der Waals surface area contributed by atoms with Gasteiger partial charge in [0.2, 0.25) is 0 Å². The van der Waals surface area contributed by atoms with Crippen molar-refractivity contribution in [2.45, 2.75) is 19.8 Å². The predicted octanol–water partition coefficient (Wildman–Crippen LogP) is 2.78. The van der Waals surface area contributed by atoms with E-state index in [4.69, 9.17) is 11.6 Å². The van der Waals surface area contributed by atoms with Crippen LogP contribution in [0.3, 0.4) is 0 Å². The van der Waals surface area contributed by atoms with E-state index in [1.54, 1.807) is 12.1 Å². The van der Waals surface area contributed by atoms with Gasteiger partial charge in [-0.15, -0.1) is 0 Å². The van der Waals surface area contributed by atoms with E-state index in [2.05, 4.69) is 4.74 Å². The summed E-state index contributed by atoms with van der Waals surface area (Å²) in [5, 5.41) is 0.426. The van der Waals surface area contributed by atoms with Crippen molar-refractivity contribution in [1.82, 2.24) is 0 Å². The van der Waals surface area contributed by atoms with E-state index in [0.29, 0.717) is 10.6 Å². The number of aryl methyl sites for hydroxylation is 1. The number of halogens is 1. The van der Waals surface area contributed by atoms with Gasteiger partial charge in [-0.05, 0) is 24.6 Å². The molecule has 0 aliphatic heterocycles. The number of benzene rings is 1. The van der Waals surface area contributed by atoms with Gasteiger partial charge in [0.1, 0.15) is 0 Å². The standard InChI is InChI=1S/C12H13ClO3/c1-8-3-4-9(10(13)7-8)11(14)5-6-12(15)16-2/h3-4,7H,5-6H2,1-2H3. The molecule has 4 heteroatoms. The number of hydrogen-bond donors (Lipinski definition) is 0. The molecule has 3 nitrogen and oxygen atoms in total. The van der Waals surface area contributed by atoms with E-state index >= 15 is 0 Å². The van der Waals surface area contributed by atoms with Gasteiger partial charge in [-0.25, -0.2) is 0 Å². The summed E-state index contributed by atoms with van der Waals surface area (Å²) in [6.45, 7) is 1.90. The lowest BCUT2D eigenvalue weighted by Gasteiger charge is -2.04. The van der Waals surface area contributed by atoms with E-state index in [0.717, 1.165) is 5.56 Å². The Morgan fingerprint density at radius 3 is 2.56 bits per heavy atom. The van der Waals surface area contributed by atoms with E-state index in [1.807, 2.05) is 13.0 Å². The number of rotatable bonds is 4. The van der Waals surface area contributed by atoms with Crippen molar-refractivity contribution >= 4 is 23.4 Å². The van der Waals surface area contributed by atoms with Crippen LogP contribution in [0.25, 0.3) is 0 Å². The molecular formula is C12H13ClO3. The average Bonchev–Trinajstić information content (AvgIpc) is 2.25. The Hall–Kier alpha value is -1.35. The molecule has 0 spiro atoms. The summed E-state index contributed by atoms with van der Waals surface area (Å²) >= 11 is 5.94. The van der Waals surface area contributed by atoms with Crippen molar-refractivity contribution in [3.05, 3.63) is 34.3 Å². The fourth-order valence-corrected chi connectivity index (χ4v) is 1.64. The minimum atomic E-state index is -0.392. The molecule has 1 aromatic carbocycles. The first-order chi connectivity index (χ1) is 7.54. The summed E-state index contributed by atoms with van der Waals surface area (Å²) in [6.07, 6.45) is 0.203. The molecule has 0 fully saturated rings. The van der Waals surface area contributed by atoms with Crippen molar-refractivity contribution in [1.29, 1.82) is 0 Å². The number of Topliss-reactive ketones (excluding diaryl/α,β-unsaturated/α-hetero) is 1. The Kier molecular flexibility index (Phi) is 4.50. The number of esters is 1. The Morgan fingerprint density at radius 2 is 2.00 bits per heavy atom. The molecule has 0 aromatic heterocycles. The molecule has 0 N–H and O–H groups in total. The van der Waals surface area contributed by atoms with E-state index in [9.17, 15) is 9.59 Å². The number of carbonyl (C=O) groups is 2. The molecule has 1 aromatic rings. The fourth-order valence-electron chi connectivity index (χ4n) is 1.30. The molecule has 0 unspecified atom stereocenters. The molecule has 1 rings (SSSR count). The van der Waals surface area contributed by atoms with Gasteiger partial charge in [0.05, 0.1) is 18.6 Å². The van der Waals surface area contributed by atoms with E-state index in [1.165, 1.54) is 7.11 Å². The molecule has 0 heterocycles. The zero-order valence-corrected chi connectivity index (χ0v) is 10.0. The van der Waals surface area contributed by atoms with E-state index < -0.39 is 5.97 Å². The average molecular weight is 241 g/mol. The third-order valence-electron chi connectivity index (χ3n) is 2.21. The lowest BCUT2D eigenvalue weighted by atomic mass is 10.1. The second kappa shape index (κ2) is 5.66. The van der Waals surface area contributed by atoms with Crippen LogP contribution in [-0.2, 0) is 9.53 Å². The first-order valence-electron chi connectivity index (χ1n) is 4.90. The Labute approximate surface area is 99.4 Å². The van der Waals surface area contributed by atoms with Crippen molar-refractivity contribution in [3.63, 3.8) is 0 Å². The number of ether oxygens (including phenoxy) is 1. The highest BCUT2D eigenvalue weighted by atomic mass is 35.5. The predicted molar refractivity (Wildman–Crippen MR) is 61.8 cm³/mol. The van der Waals surface area contributed by atoms with Gasteiger partial charge < -0.3 is 4.74 Å². The van der Waals surface area contributed by atoms with Crippen LogP contribution >= 0.6 is 11.6 Å². The van der Waals surface area contributed by atoms with Crippen molar-refractivity contribution in [2.75, 3.05) is 7.11 Å². The molecule has 86 valence electrons. The highest BCUT2D eigenvalue weighted by molar-refractivity contribution is 6.34. The molecule has 16 heavy (non-hydrogen) atoms. The van der Waals surface area contributed by atoms with Crippen LogP contribution in [0.4, 0.5) is 0 Å². The van der Waals surface area contributed by atoms with Gasteiger partial charge in [-0.1, -0.05) is 17.7 Å². The topological polar surface area (TPSA) is 43.4 Å². The molecule has 0 amide bonds. The molecule has 0 bridgehead atoms. The number of ketones is 1. The summed E-state index contributed by atoms with van der Waals surface area (Å²) < 4.78 is 4.46. The van der Waals surface area contributed by atoms with Gasteiger partial charge in [0, 0.05) is 12.0 Å². The fraction of sp³-hybridized carbons (Fsp3) is 0.333. The Bertz CT molecular complexity index is 413. The highest BCUT2D eigenvalue weighted by Crippen LogP contribution is 2.19. The summed E-state index contributed by atoms with van der Waals surface area (Å²) in [4.78, 5) is 22.6. The maximum atomic E-state index is 11.7. The smallest absolute Gasteiger partial charge is 0.305 e. The van der Waals surface area contributed by atoms with Crippen LogP contribution in [0.5, 0.6) is 0 Å². The molecular weight excluding hydrogens is 228 g/mol. The Morgan fingerprint density at radius 1 is 1.31 bits per heavy atom. The molecule has 0 aliphatic rings. The zero-order valence-electron chi connectivity index (χ0n) is 9.25. The third kappa shape index (κ3) is 3.35. The van der Waals surface area contributed by atoms with E-state index in [-0.39, 0.29) is 18.6 Å². The highest BCUT2D eigenvalue weighted by Gasteiger charge is 2.12. The molecule has 0 saturated carbocycles. The summed E-state index contributed by atoms with van der Waals surface area (Å²) in [5.74, 6) is -0.535. The van der Waals surface area contributed by atoms with Gasteiger partial charge in [0.15, 0.2) is 5.78 Å². The lowest BCUT2D eigenvalue weighted by molar-refractivity contribution is -0.140. The van der Waals surface area contributed by atoms with Gasteiger partial charge in [0.25, 0.3) is 0 Å². The van der Waals surface area contributed by atoms with Crippen molar-refractivity contribution < 1.29 is 14.3 Å². The van der Waals surface area contributed by atoms with Crippen LogP contribution in [0, 0.1) is 6.92 Å². The van der Waals surface area contributed by atoms with Gasteiger partial charge in [-0.2, -0.15) is 0 Å². The summed E-state index contributed by atoms with van der Waals surface area (Å²) in [6, 6.07) is 5.22. The minimum Gasteiger partial charge on any atom is -0.469 e. The van der Waals surface area contributed by atoms with Crippen LogP contribution in [0.2, 0.25) is 5.02 Å². The molecule has 0 atom stereocenters. The number of carbonyl (C=O) groups excluding carboxylic acids is 2. The van der Waals surface area contributed by atoms with Crippen molar-refractivity contribution in [3.8, 4) is 0 Å². The normalized spacial score (nSPS) is 9.94. The largest absolute Gasteiger partial charge is 0.469 e. The molecule has 0 saturated heterocycles. The number of methoxy groups -OCH3 is 1. The van der Waals surface area contributed by atoms with Crippen LogP contribution in [-0.4, -0.2) is 18.9 Å². The van der Waals surface area contributed by atoms with Crippen LogP contribution in [0.1, 0.15) is 28.8 Å². The SMILES string of the molecule is COC(=O)CCC(=O)c1ccc(C)cc1Cl. The quantitative estimate of drug-likeness (QED) is 0.600. The van der Waals surface area contributed by atoms with Crippen LogP contribution in [0.15, 0.2) is 18.2 Å². The lowest BCUT2D eigenvalue weighted by Crippen LogP contribution is -2.06. The van der Waals surface area contributed by atoms with Crippen LogP contribution < -0.4 is 0 Å². The van der Waals surface area contributed by atoms with Crippen molar-refractivity contribution in [2.24, 2.45) is 0 Å². The maximum absolute atomic E-state index is 11.7. The first-order valence-corrected chi connectivity index (χ1v) is 5.28. The monoisotopic (exact) mass is 240 g/mol. The third-order valence-corrected chi connectivity index (χ3v) is 2.52. The van der Waals surface area contributed by atoms with Gasteiger partial charge >= 0.3 is 5.97 Å². The second-order valence-corrected chi connectivity index (χ2v) is 3.89. The molecule has 0 radical (unpaired) electrons. The maximum Gasteiger partial charge on any atom is 0.305 e. The second-order valence-electron chi connectivity index (χ2n) is 3.48. The Balaban J connectivity index is 2.70. The summed E-state index contributed by atoms with van der Waals surface area (Å²) in [5.41, 5.74) is 1.45. The zero-order chi connectivity index (χ0) is 12.1. The minimum absolute atomic E-state index is 0.0829. The molecule has 0 aliphatic carbocycles.